The SMILES string of the molecule is O=C(Cc1coc2ccc(F)cc12)Nc1ccc(Cl)cc1. The lowest BCUT2D eigenvalue weighted by Crippen LogP contribution is -2.14. The lowest BCUT2D eigenvalue weighted by atomic mass is 10.1. The molecule has 0 fully saturated rings. The van der Waals surface area contributed by atoms with E-state index in [9.17, 15) is 9.18 Å². The Morgan fingerprint density at radius 1 is 1.19 bits per heavy atom. The van der Waals surface area contributed by atoms with Crippen molar-refractivity contribution in [3.63, 3.8) is 0 Å². The molecule has 1 heterocycles. The fourth-order valence-electron chi connectivity index (χ4n) is 2.10. The van der Waals surface area contributed by atoms with Gasteiger partial charge in [-0.2, -0.15) is 0 Å². The van der Waals surface area contributed by atoms with Gasteiger partial charge in [0.05, 0.1) is 12.7 Å². The van der Waals surface area contributed by atoms with Crippen LogP contribution in [-0.2, 0) is 11.2 Å². The van der Waals surface area contributed by atoms with Crippen LogP contribution in [0.3, 0.4) is 0 Å². The molecule has 21 heavy (non-hydrogen) atoms. The monoisotopic (exact) mass is 303 g/mol. The van der Waals surface area contributed by atoms with Crippen molar-refractivity contribution in [1.29, 1.82) is 0 Å². The number of furan rings is 1. The third kappa shape index (κ3) is 3.06. The molecule has 0 saturated carbocycles. The second-order valence-electron chi connectivity index (χ2n) is 4.63. The van der Waals surface area contributed by atoms with Gasteiger partial charge in [0.2, 0.25) is 5.91 Å². The van der Waals surface area contributed by atoms with Crippen LogP contribution < -0.4 is 5.32 Å². The number of hydrogen-bond donors (Lipinski definition) is 1. The molecule has 0 bridgehead atoms. The highest BCUT2D eigenvalue weighted by atomic mass is 35.5. The summed E-state index contributed by atoms with van der Waals surface area (Å²) in [6, 6.07) is 11.1. The van der Waals surface area contributed by atoms with E-state index >= 15 is 0 Å². The maximum atomic E-state index is 13.3. The van der Waals surface area contributed by atoms with E-state index in [1.165, 1.54) is 18.4 Å². The van der Waals surface area contributed by atoms with Gasteiger partial charge in [0.1, 0.15) is 11.4 Å². The first-order valence-corrected chi connectivity index (χ1v) is 6.71. The zero-order valence-corrected chi connectivity index (χ0v) is 11.7. The first-order valence-electron chi connectivity index (χ1n) is 6.33. The van der Waals surface area contributed by atoms with E-state index in [4.69, 9.17) is 16.0 Å². The summed E-state index contributed by atoms with van der Waals surface area (Å²) in [6.07, 6.45) is 1.59. The zero-order chi connectivity index (χ0) is 14.8. The smallest absolute Gasteiger partial charge is 0.228 e. The Balaban J connectivity index is 1.77. The van der Waals surface area contributed by atoms with Gasteiger partial charge in [-0.15, -0.1) is 0 Å². The highest BCUT2D eigenvalue weighted by Gasteiger charge is 2.11. The van der Waals surface area contributed by atoms with E-state index < -0.39 is 0 Å². The van der Waals surface area contributed by atoms with Crippen LogP contribution >= 0.6 is 11.6 Å². The topological polar surface area (TPSA) is 42.2 Å². The van der Waals surface area contributed by atoms with Gasteiger partial charge in [-0.25, -0.2) is 4.39 Å². The van der Waals surface area contributed by atoms with E-state index in [-0.39, 0.29) is 18.1 Å². The number of hydrogen-bond acceptors (Lipinski definition) is 2. The Kier molecular flexibility index (Phi) is 3.62. The average molecular weight is 304 g/mol. The van der Waals surface area contributed by atoms with E-state index in [0.717, 1.165) is 0 Å². The molecular weight excluding hydrogens is 293 g/mol. The third-order valence-corrected chi connectivity index (χ3v) is 3.35. The molecule has 0 radical (unpaired) electrons. The highest BCUT2D eigenvalue weighted by molar-refractivity contribution is 6.30. The van der Waals surface area contributed by atoms with Gasteiger partial charge in [0, 0.05) is 21.7 Å². The molecule has 3 rings (SSSR count). The Labute approximate surface area is 125 Å². The Morgan fingerprint density at radius 2 is 1.95 bits per heavy atom. The van der Waals surface area contributed by atoms with Crippen LogP contribution in [0.2, 0.25) is 5.02 Å². The number of carbonyl (C=O) groups is 1. The number of rotatable bonds is 3. The first-order chi connectivity index (χ1) is 10.1. The number of benzene rings is 2. The minimum Gasteiger partial charge on any atom is -0.464 e. The zero-order valence-electron chi connectivity index (χ0n) is 10.9. The van der Waals surface area contributed by atoms with E-state index in [1.807, 2.05) is 0 Å². The molecule has 0 atom stereocenters. The van der Waals surface area contributed by atoms with Crippen molar-refractivity contribution in [2.75, 3.05) is 5.32 Å². The van der Waals surface area contributed by atoms with E-state index in [0.29, 0.717) is 27.2 Å². The second-order valence-corrected chi connectivity index (χ2v) is 5.07. The number of amides is 1. The summed E-state index contributed by atoms with van der Waals surface area (Å²) in [4.78, 5) is 12.0. The minimum absolute atomic E-state index is 0.110. The van der Waals surface area contributed by atoms with E-state index in [2.05, 4.69) is 5.32 Å². The van der Waals surface area contributed by atoms with Crippen molar-refractivity contribution >= 4 is 34.2 Å². The molecule has 0 aliphatic heterocycles. The number of carbonyl (C=O) groups excluding carboxylic acids is 1. The van der Waals surface area contributed by atoms with Gasteiger partial charge < -0.3 is 9.73 Å². The number of anilines is 1. The van der Waals surface area contributed by atoms with Crippen LogP contribution in [0.25, 0.3) is 11.0 Å². The lowest BCUT2D eigenvalue weighted by Gasteiger charge is -2.04. The molecule has 2 aromatic carbocycles. The maximum Gasteiger partial charge on any atom is 0.228 e. The van der Waals surface area contributed by atoms with Crippen LogP contribution in [0.5, 0.6) is 0 Å². The largest absolute Gasteiger partial charge is 0.464 e. The predicted molar refractivity (Wildman–Crippen MR) is 80.0 cm³/mol. The number of nitrogens with one attached hydrogen (secondary N) is 1. The third-order valence-electron chi connectivity index (χ3n) is 3.09. The summed E-state index contributed by atoms with van der Waals surface area (Å²) in [5.41, 5.74) is 1.87. The summed E-state index contributed by atoms with van der Waals surface area (Å²) >= 11 is 5.78. The van der Waals surface area contributed by atoms with Crippen molar-refractivity contribution in [1.82, 2.24) is 0 Å². The standard InChI is InChI=1S/C16H11ClFNO2/c17-11-1-4-13(5-2-11)19-16(20)7-10-9-21-15-6-3-12(18)8-14(10)15/h1-6,8-9H,7H2,(H,19,20). The van der Waals surface area contributed by atoms with E-state index in [1.54, 1.807) is 30.3 Å². The van der Waals surface area contributed by atoms with Gasteiger partial charge in [-0.05, 0) is 42.5 Å². The molecule has 1 N–H and O–H groups in total. The van der Waals surface area contributed by atoms with Gasteiger partial charge in [0.25, 0.3) is 0 Å². The Morgan fingerprint density at radius 3 is 2.71 bits per heavy atom. The quantitative estimate of drug-likeness (QED) is 0.779. The minimum atomic E-state index is -0.358. The van der Waals surface area contributed by atoms with Gasteiger partial charge in [-0.3, -0.25) is 4.79 Å². The van der Waals surface area contributed by atoms with Crippen molar-refractivity contribution in [3.8, 4) is 0 Å². The van der Waals surface area contributed by atoms with Crippen LogP contribution in [0, 0.1) is 5.82 Å². The van der Waals surface area contributed by atoms with Crippen LogP contribution in [0.15, 0.2) is 53.1 Å². The van der Waals surface area contributed by atoms with Crippen molar-refractivity contribution in [3.05, 3.63) is 65.1 Å². The summed E-state index contributed by atoms with van der Waals surface area (Å²) in [5.74, 6) is -0.562. The molecule has 3 aromatic rings. The van der Waals surface area contributed by atoms with Crippen molar-refractivity contribution < 1.29 is 13.6 Å². The molecule has 1 aromatic heterocycles. The molecule has 5 heteroatoms. The van der Waals surface area contributed by atoms with Crippen molar-refractivity contribution in [2.45, 2.75) is 6.42 Å². The molecule has 0 aliphatic rings. The summed E-state index contributed by atoms with van der Waals surface area (Å²) in [7, 11) is 0. The molecule has 1 amide bonds. The molecule has 3 nitrogen and oxygen atoms in total. The van der Waals surface area contributed by atoms with Gasteiger partial charge in [-0.1, -0.05) is 11.6 Å². The number of halogens is 2. The average Bonchev–Trinajstić information content (AvgIpc) is 2.84. The molecule has 0 spiro atoms. The van der Waals surface area contributed by atoms with Crippen LogP contribution in [0.4, 0.5) is 10.1 Å². The molecule has 106 valence electrons. The molecule has 0 aliphatic carbocycles. The van der Waals surface area contributed by atoms with Gasteiger partial charge >= 0.3 is 0 Å². The summed E-state index contributed by atoms with van der Waals surface area (Å²) < 4.78 is 18.6. The Bertz CT molecular complexity index is 796. The summed E-state index contributed by atoms with van der Waals surface area (Å²) in [6.45, 7) is 0. The van der Waals surface area contributed by atoms with Crippen molar-refractivity contribution in [2.24, 2.45) is 0 Å². The Hall–Kier alpha value is -2.33. The predicted octanol–water partition coefficient (Wildman–Crippen LogP) is 4.41. The van der Waals surface area contributed by atoms with Crippen LogP contribution in [-0.4, -0.2) is 5.91 Å². The van der Waals surface area contributed by atoms with Crippen LogP contribution in [0.1, 0.15) is 5.56 Å². The fraction of sp³-hybridized carbons (Fsp3) is 0.0625. The van der Waals surface area contributed by atoms with Gasteiger partial charge in [0.15, 0.2) is 0 Å². The normalized spacial score (nSPS) is 10.8. The molecule has 0 unspecified atom stereocenters. The number of fused-ring (bicyclic) bond motifs is 1. The highest BCUT2D eigenvalue weighted by Crippen LogP contribution is 2.23. The first kappa shape index (κ1) is 13.6. The fourth-order valence-corrected chi connectivity index (χ4v) is 2.23. The molecule has 0 saturated heterocycles. The lowest BCUT2D eigenvalue weighted by molar-refractivity contribution is -0.115. The second kappa shape index (κ2) is 5.58. The summed E-state index contributed by atoms with van der Waals surface area (Å²) in [5, 5.41) is 3.97. The molecular formula is C16H11ClFNO2. The maximum absolute atomic E-state index is 13.3.